The Morgan fingerprint density at radius 2 is 1.49 bits per heavy atom. The van der Waals surface area contributed by atoms with Crippen molar-refractivity contribution in [3.63, 3.8) is 0 Å². The van der Waals surface area contributed by atoms with Crippen LogP contribution in [-0.2, 0) is 24.9 Å². The average molecular weight is 639 g/mol. The van der Waals surface area contributed by atoms with Gasteiger partial charge in [-0.1, -0.05) is 72.8 Å². The normalized spacial score (nSPS) is 10.7. The maximum Gasteiger partial charge on any atom is 0.218 e. The molecule has 0 amide bonds. The Balaban J connectivity index is 0.000000378. The molecule has 0 aliphatic heterocycles. The quantitative estimate of drug-likeness (QED) is 0.125. The smallest absolute Gasteiger partial charge is 0.218 e. The van der Waals surface area contributed by atoms with Crippen molar-refractivity contribution in [2.75, 3.05) is 0 Å². The molecule has 5 heteroatoms. The van der Waals surface area contributed by atoms with Gasteiger partial charge in [0.2, 0.25) is 5.71 Å². The van der Waals surface area contributed by atoms with E-state index in [0.717, 1.165) is 39.1 Å². The van der Waals surface area contributed by atoms with Crippen LogP contribution in [0.1, 0.15) is 13.8 Å². The number of rotatable bonds is 4. The molecule has 0 saturated carbocycles. The standard InChI is InChI=1S/C25H16NO.C5H8O2.Ir/c1-4-10-18(11-5-1)22-17-16-21-23(19-12-6-2-7-13-19)24(27-25(21)26-22)20-14-8-3-9-15-20;1-4(6)3-5(2)7;/h1-10,12-17H;3,6H,1-2H3;/q-1;;/b;4-3-;. The monoisotopic (exact) mass is 639 g/mol. The summed E-state index contributed by atoms with van der Waals surface area (Å²) in [5.41, 5.74) is 5.70. The van der Waals surface area contributed by atoms with Crippen molar-refractivity contribution in [3.05, 3.63) is 115 Å². The molecule has 5 rings (SSSR count). The number of ketones is 1. The molecule has 5 aromatic rings. The van der Waals surface area contributed by atoms with E-state index in [9.17, 15) is 4.79 Å². The van der Waals surface area contributed by atoms with Crippen LogP contribution in [0.25, 0.3) is 44.8 Å². The summed E-state index contributed by atoms with van der Waals surface area (Å²) in [6.07, 6.45) is 1.17. The fourth-order valence-electron chi connectivity index (χ4n) is 3.66. The second-order valence-corrected chi connectivity index (χ2v) is 7.76. The first-order valence-electron chi connectivity index (χ1n) is 10.9. The van der Waals surface area contributed by atoms with Crippen LogP contribution in [0.5, 0.6) is 0 Å². The summed E-state index contributed by atoms with van der Waals surface area (Å²) in [5, 5.41) is 9.38. The van der Waals surface area contributed by atoms with E-state index >= 15 is 0 Å². The van der Waals surface area contributed by atoms with E-state index in [2.05, 4.69) is 36.4 Å². The molecule has 35 heavy (non-hydrogen) atoms. The largest absolute Gasteiger partial charge is 0.512 e. The number of hydrogen-bond acceptors (Lipinski definition) is 4. The molecule has 0 saturated heterocycles. The van der Waals surface area contributed by atoms with Gasteiger partial charge >= 0.3 is 0 Å². The minimum atomic E-state index is -0.125. The minimum Gasteiger partial charge on any atom is -0.512 e. The fraction of sp³-hybridized carbons (Fsp3) is 0.0667. The molecule has 0 bridgehead atoms. The van der Waals surface area contributed by atoms with Gasteiger partial charge in [-0.2, -0.15) is 0 Å². The van der Waals surface area contributed by atoms with Gasteiger partial charge in [-0.05, 0) is 25.1 Å². The Morgan fingerprint density at radius 1 is 0.857 bits per heavy atom. The third-order valence-corrected chi connectivity index (χ3v) is 5.05. The summed E-state index contributed by atoms with van der Waals surface area (Å²) >= 11 is 0. The summed E-state index contributed by atoms with van der Waals surface area (Å²) in [7, 11) is 0. The molecule has 1 N–H and O–H groups in total. The minimum absolute atomic E-state index is 0. The Kier molecular flexibility index (Phi) is 8.91. The molecule has 0 unspecified atom stereocenters. The number of allylic oxidation sites excluding steroid dienone is 2. The number of aromatic nitrogens is 1. The van der Waals surface area contributed by atoms with E-state index in [-0.39, 0.29) is 31.6 Å². The Morgan fingerprint density at radius 3 is 2.03 bits per heavy atom. The van der Waals surface area contributed by atoms with Crippen molar-refractivity contribution >= 4 is 16.9 Å². The summed E-state index contributed by atoms with van der Waals surface area (Å²) in [6, 6.07) is 35.7. The SMILES string of the molecule is CC(=O)/C=C(/C)O.[Ir].[c-]1ccccc1-c1ccc2c(-c3ccccc3)c(-c3ccccc3)oc2n1. The van der Waals surface area contributed by atoms with E-state index in [1.807, 2.05) is 66.7 Å². The summed E-state index contributed by atoms with van der Waals surface area (Å²) < 4.78 is 6.28. The molecular weight excluding hydrogens is 615 g/mol. The van der Waals surface area contributed by atoms with E-state index in [1.54, 1.807) is 0 Å². The molecule has 0 aliphatic rings. The first-order chi connectivity index (χ1) is 16.5. The Bertz CT molecular complexity index is 1420. The van der Waals surface area contributed by atoms with Crippen molar-refractivity contribution in [2.24, 2.45) is 0 Å². The molecule has 0 atom stereocenters. The van der Waals surface area contributed by atoms with Crippen LogP contribution >= 0.6 is 0 Å². The van der Waals surface area contributed by atoms with Crippen molar-refractivity contribution in [1.82, 2.24) is 4.98 Å². The van der Waals surface area contributed by atoms with E-state index in [1.165, 1.54) is 19.9 Å². The second kappa shape index (κ2) is 12.1. The maximum absolute atomic E-state index is 10.0. The molecule has 0 aliphatic carbocycles. The van der Waals surface area contributed by atoms with Gasteiger partial charge in [0.05, 0.1) is 5.76 Å². The van der Waals surface area contributed by atoms with Crippen LogP contribution in [0.3, 0.4) is 0 Å². The van der Waals surface area contributed by atoms with Crippen LogP contribution in [-0.4, -0.2) is 15.9 Å². The number of fused-ring (bicyclic) bond motifs is 1. The van der Waals surface area contributed by atoms with Gasteiger partial charge in [0.1, 0.15) is 5.76 Å². The van der Waals surface area contributed by atoms with Gasteiger partial charge in [-0.25, -0.2) is 0 Å². The van der Waals surface area contributed by atoms with Crippen LogP contribution in [0.2, 0.25) is 0 Å². The third kappa shape index (κ3) is 6.42. The molecule has 177 valence electrons. The van der Waals surface area contributed by atoms with Gasteiger partial charge in [0.15, 0.2) is 5.78 Å². The number of carbonyl (C=O) groups excluding carboxylic acids is 1. The Hall–Kier alpha value is -3.79. The molecule has 2 heterocycles. The van der Waals surface area contributed by atoms with Crippen molar-refractivity contribution < 1.29 is 34.4 Å². The first kappa shape index (κ1) is 25.8. The van der Waals surface area contributed by atoms with Gasteiger partial charge in [-0.15, -0.1) is 35.9 Å². The van der Waals surface area contributed by atoms with E-state index < -0.39 is 0 Å². The van der Waals surface area contributed by atoms with Crippen LogP contribution in [0.15, 0.2) is 113 Å². The first-order valence-corrected chi connectivity index (χ1v) is 10.9. The van der Waals surface area contributed by atoms with E-state index in [4.69, 9.17) is 14.5 Å². The topological polar surface area (TPSA) is 63.3 Å². The van der Waals surface area contributed by atoms with E-state index in [0.29, 0.717) is 5.71 Å². The number of nitrogens with zero attached hydrogens (tertiary/aromatic N) is 1. The predicted molar refractivity (Wildman–Crippen MR) is 136 cm³/mol. The van der Waals surface area contributed by atoms with Crippen LogP contribution in [0, 0.1) is 6.07 Å². The molecule has 0 spiro atoms. The molecule has 1 radical (unpaired) electrons. The number of aliphatic hydroxyl groups is 1. The molecule has 2 aromatic heterocycles. The van der Waals surface area contributed by atoms with Gasteiger partial charge < -0.3 is 9.52 Å². The molecule has 4 nitrogen and oxygen atoms in total. The van der Waals surface area contributed by atoms with Gasteiger partial charge in [-0.3, -0.25) is 9.78 Å². The number of benzene rings is 3. The van der Waals surface area contributed by atoms with Crippen molar-refractivity contribution in [1.29, 1.82) is 0 Å². The van der Waals surface area contributed by atoms with Gasteiger partial charge in [0, 0.05) is 42.7 Å². The maximum atomic E-state index is 10.0. The van der Waals surface area contributed by atoms with Crippen LogP contribution in [0.4, 0.5) is 0 Å². The van der Waals surface area contributed by atoms with Gasteiger partial charge in [0.25, 0.3) is 0 Å². The third-order valence-electron chi connectivity index (χ3n) is 5.05. The number of aliphatic hydroxyl groups excluding tert-OH is 1. The summed E-state index contributed by atoms with van der Waals surface area (Å²) in [4.78, 5) is 14.8. The number of furan rings is 1. The zero-order chi connectivity index (χ0) is 23.9. The zero-order valence-electron chi connectivity index (χ0n) is 19.4. The number of carbonyl (C=O) groups is 1. The average Bonchev–Trinajstić information content (AvgIpc) is 3.24. The van der Waals surface area contributed by atoms with Crippen molar-refractivity contribution in [2.45, 2.75) is 13.8 Å². The predicted octanol–water partition coefficient (Wildman–Crippen LogP) is 7.66. The zero-order valence-corrected chi connectivity index (χ0v) is 21.8. The van der Waals surface area contributed by atoms with Crippen molar-refractivity contribution in [3.8, 4) is 33.7 Å². The second-order valence-electron chi connectivity index (χ2n) is 7.76. The summed E-state index contributed by atoms with van der Waals surface area (Å²) in [6.45, 7) is 2.85. The summed E-state index contributed by atoms with van der Waals surface area (Å²) in [5.74, 6) is 0.783. The fourth-order valence-corrected chi connectivity index (χ4v) is 3.66. The number of pyridine rings is 1. The molecule has 3 aromatic carbocycles. The molecular formula is C30H24IrNO3-. The molecule has 0 fully saturated rings. The Labute approximate surface area is 218 Å². The van der Waals surface area contributed by atoms with Crippen LogP contribution < -0.4 is 0 Å². The number of hydrogen-bond donors (Lipinski definition) is 1.